The summed E-state index contributed by atoms with van der Waals surface area (Å²) in [6.07, 6.45) is -3.98. The highest BCUT2D eigenvalue weighted by Crippen LogP contribution is 2.31. The second kappa shape index (κ2) is 26.7. The van der Waals surface area contributed by atoms with Gasteiger partial charge in [-0.15, -0.1) is 0 Å². The molecule has 2 aromatic carbocycles. The van der Waals surface area contributed by atoms with Gasteiger partial charge in [-0.2, -0.15) is 0 Å². The van der Waals surface area contributed by atoms with Crippen molar-refractivity contribution < 1.29 is 72.3 Å². The summed E-state index contributed by atoms with van der Waals surface area (Å²) in [5, 5.41) is 38.4. The lowest BCUT2D eigenvalue weighted by Gasteiger charge is -2.31. The minimum Gasteiger partial charge on any atom is -0.508 e. The van der Waals surface area contributed by atoms with Crippen LogP contribution in [0.25, 0.3) is 11.1 Å². The number of phenolic OH excluding ortho intramolecular Hbond substituents is 2. The molecule has 76 heavy (non-hydrogen) atoms. The number of amides is 7. The van der Waals surface area contributed by atoms with Gasteiger partial charge >= 0.3 is 30.3 Å². The molecule has 4 atom stereocenters. The standard InChI is InChI=1S/C54H83N7O15/c1-50(2,3)72-45(67)37(59-48(70)75-53(10,11)12)19-17-26-61(27-25-56-47(69)74-52(7,8)9)44(66)39-31-35-29-33(21-23-41(35)63)32-20-22-40(62)34(28-32)30-38(60-49(71)76-54(13,14)15)43(65)57-36(42(64)58-39)18-16-24-55-46(68)73-51(4,5)6/h20-23,28-29,36-39,62-63H,16-19,24-27,30-31H2,1-15H3,(H,55,68)(H,56,69)(H,57,65)(H,58,64)(H,59,70)(H,60,71)/t36-,37?,38-,39-/m0/s1. The first-order valence-corrected chi connectivity index (χ1v) is 25.6. The average Bonchev–Trinajstić information content (AvgIpc) is 3.23. The third-order valence-corrected chi connectivity index (χ3v) is 10.6. The van der Waals surface area contributed by atoms with Crippen LogP contribution in [0.4, 0.5) is 19.2 Å². The number of hydrogen-bond donors (Lipinski definition) is 8. The minimum absolute atomic E-state index is 0.0106. The molecule has 424 valence electrons. The van der Waals surface area contributed by atoms with Gasteiger partial charge in [-0.3, -0.25) is 14.4 Å². The van der Waals surface area contributed by atoms with Crippen LogP contribution >= 0.6 is 0 Å². The zero-order valence-corrected chi connectivity index (χ0v) is 47.0. The van der Waals surface area contributed by atoms with Crippen LogP contribution in [-0.4, -0.2) is 142 Å². The van der Waals surface area contributed by atoms with Crippen molar-refractivity contribution in [2.24, 2.45) is 0 Å². The number of phenols is 2. The summed E-state index contributed by atoms with van der Waals surface area (Å²) < 4.78 is 27.3. The number of nitrogens with zero attached hydrogens (tertiary/aromatic N) is 1. The van der Waals surface area contributed by atoms with Gasteiger partial charge in [0.25, 0.3) is 0 Å². The summed E-state index contributed by atoms with van der Waals surface area (Å²) in [6, 6.07) is 3.65. The number of fused-ring (bicyclic) bond motifs is 5. The van der Waals surface area contributed by atoms with Crippen molar-refractivity contribution in [1.29, 1.82) is 0 Å². The summed E-state index contributed by atoms with van der Waals surface area (Å²) >= 11 is 0. The van der Waals surface area contributed by atoms with E-state index in [9.17, 15) is 43.8 Å². The number of alkyl carbamates (subject to hydrolysis) is 4. The third-order valence-electron chi connectivity index (χ3n) is 10.6. The molecule has 0 radical (unpaired) electrons. The Morgan fingerprint density at radius 3 is 1.58 bits per heavy atom. The normalized spacial score (nSPS) is 16.9. The molecule has 0 saturated carbocycles. The molecule has 0 saturated heterocycles. The maximum Gasteiger partial charge on any atom is 0.408 e. The van der Waals surface area contributed by atoms with Gasteiger partial charge in [-0.05, 0) is 176 Å². The lowest BCUT2D eigenvalue weighted by Crippen LogP contribution is -2.58. The van der Waals surface area contributed by atoms with Crippen molar-refractivity contribution in [2.45, 2.75) is 195 Å². The minimum atomic E-state index is -1.49. The Balaban J connectivity index is 2.19. The molecule has 22 heteroatoms. The van der Waals surface area contributed by atoms with Crippen molar-refractivity contribution >= 4 is 48.1 Å². The number of benzene rings is 2. The number of carbonyl (C=O) groups excluding carboxylic acids is 8. The molecule has 22 nitrogen and oxygen atoms in total. The van der Waals surface area contributed by atoms with Crippen LogP contribution in [0, 0.1) is 0 Å². The largest absolute Gasteiger partial charge is 0.508 e. The third kappa shape index (κ3) is 23.7. The number of aromatic hydroxyl groups is 2. The molecule has 7 amide bonds. The summed E-state index contributed by atoms with van der Waals surface area (Å²) in [7, 11) is 0. The number of esters is 1. The molecule has 4 bridgehead atoms. The van der Waals surface area contributed by atoms with E-state index < -0.39 is 100 Å². The van der Waals surface area contributed by atoms with Gasteiger partial charge in [0.2, 0.25) is 17.7 Å². The first kappa shape index (κ1) is 63.3. The Bertz CT molecular complexity index is 2380. The van der Waals surface area contributed by atoms with Gasteiger partial charge in [-0.1, -0.05) is 12.1 Å². The maximum atomic E-state index is 15.2. The molecule has 2 aromatic rings. The van der Waals surface area contributed by atoms with Crippen LogP contribution in [0.1, 0.15) is 141 Å². The summed E-state index contributed by atoms with van der Waals surface area (Å²) in [6.45, 7) is 24.6. The number of carbonyl (C=O) groups is 8. The Morgan fingerprint density at radius 1 is 0.592 bits per heavy atom. The van der Waals surface area contributed by atoms with Gasteiger partial charge in [-0.25, -0.2) is 24.0 Å². The quantitative estimate of drug-likeness (QED) is 0.0544. The van der Waals surface area contributed by atoms with Gasteiger partial charge in [0.05, 0.1) is 0 Å². The van der Waals surface area contributed by atoms with E-state index in [4.69, 9.17) is 23.7 Å². The van der Waals surface area contributed by atoms with Crippen molar-refractivity contribution in [3.05, 3.63) is 47.5 Å². The van der Waals surface area contributed by atoms with Gasteiger partial charge < -0.3 is 70.7 Å². The molecule has 8 N–H and O–H groups in total. The molecule has 1 heterocycles. The molecular weight excluding hydrogens is 987 g/mol. The van der Waals surface area contributed by atoms with E-state index in [1.165, 1.54) is 17.0 Å². The molecular formula is C54H83N7O15. The number of nitrogens with one attached hydrogen (secondary N) is 6. The van der Waals surface area contributed by atoms with E-state index in [-0.39, 0.29) is 87.3 Å². The molecule has 3 rings (SSSR count). The topological polar surface area (TPSA) is 299 Å². The molecule has 0 aliphatic carbocycles. The Hall–Kier alpha value is -7.00. The van der Waals surface area contributed by atoms with Crippen molar-refractivity contribution in [1.82, 2.24) is 36.8 Å². The predicted octanol–water partition coefficient (Wildman–Crippen LogP) is 6.40. The molecule has 0 spiro atoms. The highest BCUT2D eigenvalue weighted by molar-refractivity contribution is 5.94. The first-order chi connectivity index (χ1) is 34.9. The average molecular weight is 1070 g/mol. The van der Waals surface area contributed by atoms with E-state index >= 15 is 4.79 Å². The van der Waals surface area contributed by atoms with Crippen LogP contribution in [0.3, 0.4) is 0 Å². The molecule has 1 aliphatic rings. The van der Waals surface area contributed by atoms with Crippen LogP contribution in [-0.2, 0) is 55.7 Å². The van der Waals surface area contributed by atoms with E-state index in [0.717, 1.165) is 0 Å². The van der Waals surface area contributed by atoms with Gasteiger partial charge in [0.1, 0.15) is 63.7 Å². The smallest absolute Gasteiger partial charge is 0.408 e. The second-order valence-corrected chi connectivity index (χ2v) is 23.6. The zero-order valence-electron chi connectivity index (χ0n) is 47.0. The molecule has 0 aromatic heterocycles. The van der Waals surface area contributed by atoms with Crippen LogP contribution in [0.5, 0.6) is 11.5 Å². The Morgan fingerprint density at radius 2 is 1.07 bits per heavy atom. The zero-order chi connectivity index (χ0) is 57.6. The number of rotatable bonds is 15. The summed E-state index contributed by atoms with van der Waals surface area (Å²) in [5.74, 6) is -3.64. The molecule has 1 aliphatic heterocycles. The lowest BCUT2D eigenvalue weighted by molar-refractivity contribution is -0.157. The predicted molar refractivity (Wildman–Crippen MR) is 282 cm³/mol. The van der Waals surface area contributed by atoms with Gasteiger partial charge in [0, 0.05) is 39.0 Å². The van der Waals surface area contributed by atoms with Crippen molar-refractivity contribution in [2.75, 3.05) is 26.2 Å². The summed E-state index contributed by atoms with van der Waals surface area (Å²) in [4.78, 5) is 111. The fourth-order valence-electron chi connectivity index (χ4n) is 7.50. The molecule has 0 fully saturated rings. The Kier molecular flexibility index (Phi) is 22.2. The van der Waals surface area contributed by atoms with Crippen LogP contribution in [0.2, 0.25) is 0 Å². The van der Waals surface area contributed by atoms with E-state index in [1.807, 2.05) is 0 Å². The van der Waals surface area contributed by atoms with Crippen molar-refractivity contribution in [3.63, 3.8) is 0 Å². The fourth-order valence-corrected chi connectivity index (χ4v) is 7.50. The monoisotopic (exact) mass is 1070 g/mol. The lowest BCUT2D eigenvalue weighted by atomic mass is 9.95. The first-order valence-electron chi connectivity index (χ1n) is 25.6. The van der Waals surface area contributed by atoms with Crippen LogP contribution in [0.15, 0.2) is 36.4 Å². The van der Waals surface area contributed by atoms with E-state index in [2.05, 4.69) is 31.9 Å². The number of ether oxygens (including phenoxy) is 5. The van der Waals surface area contributed by atoms with Crippen LogP contribution < -0.4 is 31.9 Å². The van der Waals surface area contributed by atoms with E-state index in [0.29, 0.717) is 11.1 Å². The highest BCUT2D eigenvalue weighted by atomic mass is 16.6. The summed E-state index contributed by atoms with van der Waals surface area (Å²) in [5.41, 5.74) is -2.98. The fraction of sp³-hybridized carbons (Fsp3) is 0.630. The highest BCUT2D eigenvalue weighted by Gasteiger charge is 2.35. The Labute approximate surface area is 446 Å². The van der Waals surface area contributed by atoms with Crippen molar-refractivity contribution in [3.8, 4) is 22.6 Å². The number of hydrogen-bond acceptors (Lipinski definition) is 15. The van der Waals surface area contributed by atoms with E-state index in [1.54, 1.807) is 128 Å². The molecule has 1 unspecified atom stereocenters. The SMILES string of the molecule is CC(C)(C)OC(=O)NCCC[C@@H]1NC(=O)[C@@H](NC(=O)OC(C)(C)C)Cc2cc(ccc2O)-c2ccc(O)c(c2)C[C@@H](C(=O)N(CCCC(NC(=O)OC(C)(C)C)C(=O)OC(C)(C)C)CCNC(=O)OC(C)(C)C)NC1=O. The second-order valence-electron chi connectivity index (χ2n) is 23.6. The van der Waals surface area contributed by atoms with Gasteiger partial charge in [0.15, 0.2) is 0 Å². The maximum absolute atomic E-state index is 15.2.